The number of ether oxygens (including phenoxy) is 1. The first-order valence-corrected chi connectivity index (χ1v) is 9.89. The van der Waals surface area contributed by atoms with Crippen LogP contribution in [0, 0.1) is 5.92 Å². The molecule has 0 bridgehead atoms. The van der Waals surface area contributed by atoms with E-state index in [1.54, 1.807) is 18.0 Å². The third-order valence-electron chi connectivity index (χ3n) is 5.59. The van der Waals surface area contributed by atoms with Gasteiger partial charge in [-0.1, -0.05) is 18.2 Å². The second-order valence-corrected chi connectivity index (χ2v) is 7.38. The molecule has 4 rings (SSSR count). The topological polar surface area (TPSA) is 86.4 Å². The predicted molar refractivity (Wildman–Crippen MR) is 108 cm³/mol. The van der Waals surface area contributed by atoms with Gasteiger partial charge in [0.25, 0.3) is 5.56 Å². The van der Waals surface area contributed by atoms with Crippen LogP contribution in [0.3, 0.4) is 0 Å². The average molecular weight is 396 g/mol. The van der Waals surface area contributed by atoms with E-state index in [1.165, 1.54) is 4.68 Å². The van der Waals surface area contributed by atoms with Crippen LogP contribution in [-0.2, 0) is 27.9 Å². The maximum absolute atomic E-state index is 13.0. The summed E-state index contributed by atoms with van der Waals surface area (Å²) in [4.78, 5) is 39.5. The maximum Gasteiger partial charge on any atom is 0.310 e. The molecule has 3 heterocycles. The van der Waals surface area contributed by atoms with Crippen molar-refractivity contribution in [3.05, 3.63) is 40.8 Å². The SMILES string of the molecule is CCOC(=O)[C@@H]1CCCN(C(=O)Cn2ncc3c4ccccc4n(C)c3c2=O)C1. The summed E-state index contributed by atoms with van der Waals surface area (Å²) in [5.41, 5.74) is 1.17. The number of carbonyl (C=O) groups is 2. The number of benzene rings is 1. The van der Waals surface area contributed by atoms with Crippen LogP contribution in [0.5, 0.6) is 0 Å². The van der Waals surface area contributed by atoms with Gasteiger partial charge in [-0.2, -0.15) is 5.10 Å². The maximum atomic E-state index is 13.0. The molecule has 0 radical (unpaired) electrons. The van der Waals surface area contributed by atoms with Crippen molar-refractivity contribution in [3.8, 4) is 0 Å². The molecule has 0 spiro atoms. The lowest BCUT2D eigenvalue weighted by Gasteiger charge is -2.31. The van der Waals surface area contributed by atoms with Gasteiger partial charge in [0.05, 0.1) is 18.7 Å². The lowest BCUT2D eigenvalue weighted by Crippen LogP contribution is -2.45. The molecule has 8 nitrogen and oxygen atoms in total. The smallest absolute Gasteiger partial charge is 0.310 e. The number of rotatable bonds is 4. The lowest BCUT2D eigenvalue weighted by atomic mass is 9.98. The summed E-state index contributed by atoms with van der Waals surface area (Å²) in [6.07, 6.45) is 3.09. The highest BCUT2D eigenvalue weighted by atomic mass is 16.5. The van der Waals surface area contributed by atoms with E-state index < -0.39 is 0 Å². The van der Waals surface area contributed by atoms with Gasteiger partial charge in [-0.25, -0.2) is 4.68 Å². The van der Waals surface area contributed by atoms with Crippen LogP contribution in [0.15, 0.2) is 35.3 Å². The summed E-state index contributed by atoms with van der Waals surface area (Å²) in [5, 5.41) is 5.97. The van der Waals surface area contributed by atoms with E-state index >= 15 is 0 Å². The number of hydrogen-bond donors (Lipinski definition) is 0. The van der Waals surface area contributed by atoms with E-state index in [9.17, 15) is 14.4 Å². The minimum Gasteiger partial charge on any atom is -0.466 e. The Hall–Kier alpha value is -3.16. The quantitative estimate of drug-likeness (QED) is 0.627. The van der Waals surface area contributed by atoms with E-state index in [0.29, 0.717) is 31.6 Å². The summed E-state index contributed by atoms with van der Waals surface area (Å²) in [5.74, 6) is -0.790. The Morgan fingerprint density at radius 2 is 2.03 bits per heavy atom. The Kier molecular flexibility index (Phi) is 5.08. The van der Waals surface area contributed by atoms with Gasteiger partial charge in [-0.05, 0) is 25.8 Å². The molecule has 0 saturated carbocycles. The molecule has 0 aliphatic carbocycles. The molecule has 2 aromatic heterocycles. The summed E-state index contributed by atoms with van der Waals surface area (Å²) in [7, 11) is 1.84. The van der Waals surface area contributed by atoms with Crippen molar-refractivity contribution in [1.82, 2.24) is 19.2 Å². The molecule has 1 saturated heterocycles. The molecule has 1 aromatic carbocycles. The molecule has 1 atom stereocenters. The van der Waals surface area contributed by atoms with Crippen LogP contribution in [0.4, 0.5) is 0 Å². The Bertz CT molecular complexity index is 1150. The van der Waals surface area contributed by atoms with Crippen LogP contribution in [0.2, 0.25) is 0 Å². The van der Waals surface area contributed by atoms with Gasteiger partial charge in [-0.15, -0.1) is 0 Å². The average Bonchev–Trinajstić information content (AvgIpc) is 3.03. The molecule has 1 fully saturated rings. The number of fused-ring (bicyclic) bond motifs is 3. The fourth-order valence-corrected chi connectivity index (χ4v) is 4.11. The number of likely N-dealkylation sites (tertiary alicyclic amines) is 1. The number of hydrogen-bond acceptors (Lipinski definition) is 5. The Morgan fingerprint density at radius 1 is 1.24 bits per heavy atom. The van der Waals surface area contributed by atoms with Crippen LogP contribution < -0.4 is 5.56 Å². The number of nitrogens with zero attached hydrogens (tertiary/aromatic N) is 4. The van der Waals surface area contributed by atoms with E-state index in [1.807, 2.05) is 35.9 Å². The van der Waals surface area contributed by atoms with Crippen LogP contribution in [0.1, 0.15) is 19.8 Å². The van der Waals surface area contributed by atoms with Gasteiger partial charge in [-0.3, -0.25) is 14.4 Å². The highest BCUT2D eigenvalue weighted by Crippen LogP contribution is 2.25. The van der Waals surface area contributed by atoms with E-state index in [2.05, 4.69) is 5.10 Å². The van der Waals surface area contributed by atoms with Crippen molar-refractivity contribution in [2.24, 2.45) is 13.0 Å². The third kappa shape index (κ3) is 3.39. The summed E-state index contributed by atoms with van der Waals surface area (Å²) >= 11 is 0. The molecule has 1 aliphatic heterocycles. The molecule has 0 N–H and O–H groups in total. The van der Waals surface area contributed by atoms with E-state index in [4.69, 9.17) is 4.74 Å². The molecule has 8 heteroatoms. The Balaban J connectivity index is 1.59. The third-order valence-corrected chi connectivity index (χ3v) is 5.59. The Labute approximate surface area is 167 Å². The van der Waals surface area contributed by atoms with Crippen molar-refractivity contribution in [1.29, 1.82) is 0 Å². The number of esters is 1. The number of aromatic nitrogens is 3. The van der Waals surface area contributed by atoms with Gasteiger partial charge in [0.2, 0.25) is 5.91 Å². The van der Waals surface area contributed by atoms with Crippen molar-refractivity contribution < 1.29 is 14.3 Å². The van der Waals surface area contributed by atoms with Gasteiger partial charge in [0.15, 0.2) is 0 Å². The van der Waals surface area contributed by atoms with Crippen LogP contribution in [-0.4, -0.2) is 50.8 Å². The van der Waals surface area contributed by atoms with Gasteiger partial charge in [0.1, 0.15) is 12.1 Å². The summed E-state index contributed by atoms with van der Waals surface area (Å²) in [6.45, 7) is 2.84. The number of carbonyl (C=O) groups excluding carboxylic acids is 2. The van der Waals surface area contributed by atoms with Crippen molar-refractivity contribution >= 4 is 33.7 Å². The highest BCUT2D eigenvalue weighted by Gasteiger charge is 2.29. The fourth-order valence-electron chi connectivity index (χ4n) is 4.11. The molecular weight excluding hydrogens is 372 g/mol. The molecule has 1 aliphatic rings. The van der Waals surface area contributed by atoms with Gasteiger partial charge >= 0.3 is 5.97 Å². The number of para-hydroxylation sites is 1. The first-order valence-electron chi connectivity index (χ1n) is 9.89. The molecule has 152 valence electrons. The largest absolute Gasteiger partial charge is 0.466 e. The number of amides is 1. The first kappa shape index (κ1) is 19.2. The summed E-state index contributed by atoms with van der Waals surface area (Å²) in [6, 6.07) is 7.76. The van der Waals surface area contributed by atoms with Crippen molar-refractivity contribution in [2.75, 3.05) is 19.7 Å². The highest BCUT2D eigenvalue weighted by molar-refractivity contribution is 6.07. The molecule has 0 unspecified atom stereocenters. The zero-order valence-electron chi connectivity index (χ0n) is 16.6. The van der Waals surface area contributed by atoms with Gasteiger partial charge in [0, 0.05) is 36.4 Å². The monoisotopic (exact) mass is 396 g/mol. The van der Waals surface area contributed by atoms with Crippen molar-refractivity contribution in [2.45, 2.75) is 26.3 Å². The minimum absolute atomic E-state index is 0.147. The molecular formula is C21H24N4O4. The Morgan fingerprint density at radius 3 is 2.83 bits per heavy atom. The zero-order valence-corrected chi connectivity index (χ0v) is 16.6. The molecule has 1 amide bonds. The van der Waals surface area contributed by atoms with E-state index in [-0.39, 0.29) is 29.9 Å². The number of piperidine rings is 1. The second kappa shape index (κ2) is 7.69. The van der Waals surface area contributed by atoms with Crippen LogP contribution in [0.25, 0.3) is 21.8 Å². The van der Waals surface area contributed by atoms with Crippen molar-refractivity contribution in [3.63, 3.8) is 0 Å². The normalized spacial score (nSPS) is 17.0. The minimum atomic E-state index is -0.307. The second-order valence-electron chi connectivity index (χ2n) is 7.38. The molecule has 29 heavy (non-hydrogen) atoms. The van der Waals surface area contributed by atoms with Crippen LogP contribution >= 0.6 is 0 Å². The standard InChI is InChI=1S/C21H24N4O4/c1-3-29-21(28)14-7-6-10-24(12-14)18(26)13-25-20(27)19-16(11-22-25)15-8-4-5-9-17(15)23(19)2/h4-5,8-9,11,14H,3,6-7,10,12-13H2,1-2H3/t14-/m1/s1. The van der Waals surface area contributed by atoms with E-state index in [0.717, 1.165) is 22.7 Å². The number of aryl methyl sites for hydroxylation is 1. The molecule has 3 aromatic rings. The van der Waals surface area contributed by atoms with Gasteiger partial charge < -0.3 is 14.2 Å². The summed E-state index contributed by atoms with van der Waals surface area (Å²) < 4.78 is 8.14. The first-order chi connectivity index (χ1) is 14.0. The fraction of sp³-hybridized carbons (Fsp3) is 0.429. The predicted octanol–water partition coefficient (Wildman–Crippen LogP) is 1.69. The zero-order chi connectivity index (χ0) is 20.5. The lowest BCUT2D eigenvalue weighted by molar-refractivity contribution is -0.151.